The Morgan fingerprint density at radius 3 is 2.68 bits per heavy atom. The molecule has 3 nitrogen and oxygen atoms in total. The molecule has 1 aromatic carbocycles. The van der Waals surface area contributed by atoms with Gasteiger partial charge in [-0.3, -0.25) is 0 Å². The molecular formula is C13H9Cl2N3S. The molecule has 6 heteroatoms. The van der Waals surface area contributed by atoms with Crippen LogP contribution >= 0.6 is 34.5 Å². The number of imidazole rings is 1. The summed E-state index contributed by atoms with van der Waals surface area (Å²) in [5, 5.41) is 3.20. The van der Waals surface area contributed by atoms with E-state index in [1.54, 1.807) is 23.7 Å². The van der Waals surface area contributed by atoms with Crippen LogP contribution in [-0.4, -0.2) is 9.55 Å². The van der Waals surface area contributed by atoms with E-state index in [2.05, 4.69) is 4.98 Å². The zero-order valence-corrected chi connectivity index (χ0v) is 12.0. The summed E-state index contributed by atoms with van der Waals surface area (Å²) in [6, 6.07) is 7.33. The van der Waals surface area contributed by atoms with Crippen LogP contribution in [0.3, 0.4) is 0 Å². The fourth-order valence-electron chi connectivity index (χ4n) is 1.75. The van der Waals surface area contributed by atoms with Crippen molar-refractivity contribution in [2.24, 2.45) is 0 Å². The van der Waals surface area contributed by atoms with Gasteiger partial charge in [0.05, 0.1) is 26.9 Å². The minimum absolute atomic E-state index is 0.545. The molecule has 2 heterocycles. The first-order chi connectivity index (χ1) is 9.15. The standard InChI is InChI=1S/C13H9Cl2N3S/c14-9-2-1-8(5-11(9)16)18-6-12(17-7-18)13-10(15)3-4-19-13/h1-7H,16H2. The minimum Gasteiger partial charge on any atom is -0.397 e. The molecule has 0 saturated carbocycles. The number of nitrogens with zero attached hydrogens (tertiary/aromatic N) is 2. The SMILES string of the molecule is Nc1cc(-n2cnc(-c3sccc3Cl)c2)ccc1Cl. The summed E-state index contributed by atoms with van der Waals surface area (Å²) in [6.07, 6.45) is 3.65. The summed E-state index contributed by atoms with van der Waals surface area (Å²) >= 11 is 13.6. The van der Waals surface area contributed by atoms with E-state index in [0.717, 1.165) is 16.3 Å². The number of hydrogen-bond donors (Lipinski definition) is 1. The van der Waals surface area contributed by atoms with E-state index in [1.807, 2.05) is 34.3 Å². The Balaban J connectivity index is 2.01. The maximum atomic E-state index is 6.10. The van der Waals surface area contributed by atoms with Crippen molar-refractivity contribution in [3.05, 3.63) is 52.2 Å². The minimum atomic E-state index is 0.545. The Hall–Kier alpha value is -1.49. The average molecular weight is 310 g/mol. The topological polar surface area (TPSA) is 43.8 Å². The molecule has 0 aliphatic rings. The number of nitrogen functional groups attached to an aromatic ring is 1. The van der Waals surface area contributed by atoms with Gasteiger partial charge in [0, 0.05) is 11.9 Å². The van der Waals surface area contributed by atoms with Gasteiger partial charge in [-0.1, -0.05) is 23.2 Å². The number of hydrogen-bond acceptors (Lipinski definition) is 3. The van der Waals surface area contributed by atoms with Crippen LogP contribution in [-0.2, 0) is 0 Å². The van der Waals surface area contributed by atoms with Gasteiger partial charge >= 0.3 is 0 Å². The fraction of sp³-hybridized carbons (Fsp3) is 0. The Kier molecular flexibility index (Phi) is 3.22. The van der Waals surface area contributed by atoms with E-state index in [9.17, 15) is 0 Å². The Morgan fingerprint density at radius 1 is 1.16 bits per heavy atom. The second kappa shape index (κ2) is 4.89. The van der Waals surface area contributed by atoms with Crippen LogP contribution < -0.4 is 5.73 Å². The van der Waals surface area contributed by atoms with Crippen molar-refractivity contribution >= 4 is 40.2 Å². The van der Waals surface area contributed by atoms with Gasteiger partial charge in [-0.15, -0.1) is 11.3 Å². The van der Waals surface area contributed by atoms with Gasteiger partial charge in [0.15, 0.2) is 0 Å². The maximum absolute atomic E-state index is 6.10. The lowest BCUT2D eigenvalue weighted by Crippen LogP contribution is -1.93. The van der Waals surface area contributed by atoms with Crippen molar-refractivity contribution < 1.29 is 0 Å². The summed E-state index contributed by atoms with van der Waals surface area (Å²) in [7, 11) is 0. The van der Waals surface area contributed by atoms with Crippen molar-refractivity contribution in [3.8, 4) is 16.3 Å². The molecular weight excluding hydrogens is 301 g/mol. The van der Waals surface area contributed by atoms with Gasteiger partial charge in [0.25, 0.3) is 0 Å². The van der Waals surface area contributed by atoms with E-state index in [4.69, 9.17) is 28.9 Å². The summed E-state index contributed by atoms with van der Waals surface area (Å²) in [5.74, 6) is 0. The Labute approximate surface area is 124 Å². The van der Waals surface area contributed by atoms with Crippen molar-refractivity contribution in [2.75, 3.05) is 5.73 Å². The molecule has 2 N–H and O–H groups in total. The highest BCUT2D eigenvalue weighted by Crippen LogP contribution is 2.32. The van der Waals surface area contributed by atoms with Crippen LogP contribution in [0.1, 0.15) is 0 Å². The Morgan fingerprint density at radius 2 is 2.00 bits per heavy atom. The third-order valence-corrected chi connectivity index (χ3v) is 4.42. The number of rotatable bonds is 2. The highest BCUT2D eigenvalue weighted by molar-refractivity contribution is 7.14. The van der Waals surface area contributed by atoms with E-state index < -0.39 is 0 Å². The summed E-state index contributed by atoms with van der Waals surface area (Å²) in [4.78, 5) is 5.32. The third kappa shape index (κ3) is 2.34. The molecule has 0 unspecified atom stereocenters. The van der Waals surface area contributed by atoms with Crippen LogP contribution in [0.5, 0.6) is 0 Å². The smallest absolute Gasteiger partial charge is 0.100 e. The number of halogens is 2. The molecule has 19 heavy (non-hydrogen) atoms. The molecule has 0 aliphatic carbocycles. The van der Waals surface area contributed by atoms with Gasteiger partial charge in [0.2, 0.25) is 0 Å². The van der Waals surface area contributed by atoms with Gasteiger partial charge in [-0.05, 0) is 29.6 Å². The first-order valence-electron chi connectivity index (χ1n) is 5.48. The van der Waals surface area contributed by atoms with E-state index in [0.29, 0.717) is 15.7 Å². The molecule has 0 atom stereocenters. The quantitative estimate of drug-likeness (QED) is 0.709. The molecule has 3 rings (SSSR count). The van der Waals surface area contributed by atoms with E-state index in [-0.39, 0.29) is 0 Å². The van der Waals surface area contributed by atoms with Gasteiger partial charge in [-0.2, -0.15) is 0 Å². The third-order valence-electron chi connectivity index (χ3n) is 2.71. The first-order valence-corrected chi connectivity index (χ1v) is 7.11. The lowest BCUT2D eigenvalue weighted by molar-refractivity contribution is 1.06. The number of benzene rings is 1. The number of aromatic nitrogens is 2. The zero-order chi connectivity index (χ0) is 13.4. The second-order valence-electron chi connectivity index (χ2n) is 3.97. The monoisotopic (exact) mass is 309 g/mol. The summed E-state index contributed by atoms with van der Waals surface area (Å²) in [5.41, 5.74) is 8.10. The molecule has 3 aromatic rings. The van der Waals surface area contributed by atoms with Gasteiger partial charge in [0.1, 0.15) is 5.69 Å². The highest BCUT2D eigenvalue weighted by Gasteiger charge is 2.09. The molecule has 0 aliphatic heterocycles. The fourth-order valence-corrected chi connectivity index (χ4v) is 2.98. The lowest BCUT2D eigenvalue weighted by atomic mass is 10.3. The predicted octanol–water partition coefficient (Wildman–Crippen LogP) is 4.49. The van der Waals surface area contributed by atoms with Crippen LogP contribution in [0.2, 0.25) is 10.0 Å². The van der Waals surface area contributed by atoms with Crippen LogP contribution in [0.4, 0.5) is 5.69 Å². The Bertz CT molecular complexity index is 733. The molecule has 2 aromatic heterocycles. The molecule has 0 radical (unpaired) electrons. The summed E-state index contributed by atoms with van der Waals surface area (Å²) < 4.78 is 1.89. The van der Waals surface area contributed by atoms with E-state index >= 15 is 0 Å². The molecule has 0 spiro atoms. The van der Waals surface area contributed by atoms with Gasteiger partial charge in [-0.25, -0.2) is 4.98 Å². The number of anilines is 1. The van der Waals surface area contributed by atoms with Crippen molar-refractivity contribution in [1.29, 1.82) is 0 Å². The molecule has 0 amide bonds. The molecule has 0 fully saturated rings. The van der Waals surface area contributed by atoms with E-state index in [1.165, 1.54) is 0 Å². The second-order valence-corrected chi connectivity index (χ2v) is 5.70. The molecule has 0 saturated heterocycles. The maximum Gasteiger partial charge on any atom is 0.100 e. The van der Waals surface area contributed by atoms with Crippen LogP contribution in [0, 0.1) is 0 Å². The summed E-state index contributed by atoms with van der Waals surface area (Å²) in [6.45, 7) is 0. The predicted molar refractivity (Wildman–Crippen MR) is 81.3 cm³/mol. The normalized spacial score (nSPS) is 10.8. The highest BCUT2D eigenvalue weighted by atomic mass is 35.5. The first kappa shape index (κ1) is 12.5. The van der Waals surface area contributed by atoms with Crippen LogP contribution in [0.15, 0.2) is 42.2 Å². The largest absolute Gasteiger partial charge is 0.397 e. The zero-order valence-electron chi connectivity index (χ0n) is 9.68. The lowest BCUT2D eigenvalue weighted by Gasteiger charge is -2.04. The van der Waals surface area contributed by atoms with Gasteiger partial charge < -0.3 is 10.3 Å². The molecule has 96 valence electrons. The van der Waals surface area contributed by atoms with Crippen molar-refractivity contribution in [1.82, 2.24) is 9.55 Å². The van der Waals surface area contributed by atoms with Crippen molar-refractivity contribution in [3.63, 3.8) is 0 Å². The molecule has 0 bridgehead atoms. The average Bonchev–Trinajstić information content (AvgIpc) is 3.01. The number of thiophene rings is 1. The number of nitrogens with two attached hydrogens (primary N) is 1. The van der Waals surface area contributed by atoms with Crippen LogP contribution in [0.25, 0.3) is 16.3 Å². The van der Waals surface area contributed by atoms with Crippen molar-refractivity contribution in [2.45, 2.75) is 0 Å².